The quantitative estimate of drug-likeness (QED) is 0.737. The molecule has 0 N–H and O–H groups in total. The van der Waals surface area contributed by atoms with Crippen LogP contribution in [0.3, 0.4) is 0 Å². The van der Waals surface area contributed by atoms with Gasteiger partial charge in [0.05, 0.1) is 19.1 Å². The first-order valence-corrected chi connectivity index (χ1v) is 5.80. The van der Waals surface area contributed by atoms with E-state index in [1.54, 1.807) is 7.11 Å². The second-order valence-electron chi connectivity index (χ2n) is 4.59. The zero-order valence-corrected chi connectivity index (χ0v) is 10.9. The molecule has 94 valence electrons. The predicted octanol–water partition coefficient (Wildman–Crippen LogP) is 2.83. The number of rotatable bonds is 5. The van der Waals surface area contributed by atoms with Gasteiger partial charge in [0.1, 0.15) is 5.75 Å². The van der Waals surface area contributed by atoms with Crippen molar-refractivity contribution in [2.75, 3.05) is 13.7 Å². The molecule has 0 unspecified atom stereocenters. The first kappa shape index (κ1) is 13.6. The van der Waals surface area contributed by atoms with Crippen molar-refractivity contribution in [1.82, 2.24) is 0 Å². The summed E-state index contributed by atoms with van der Waals surface area (Å²) in [7, 11) is 1.64. The molecule has 17 heavy (non-hydrogen) atoms. The summed E-state index contributed by atoms with van der Waals surface area (Å²) in [6.07, 6.45) is 0.607. The maximum absolute atomic E-state index is 11.8. The number of para-hydroxylation sites is 1. The van der Waals surface area contributed by atoms with Gasteiger partial charge < -0.3 is 9.47 Å². The van der Waals surface area contributed by atoms with Crippen molar-refractivity contribution in [2.45, 2.75) is 27.2 Å². The Morgan fingerprint density at radius 1 is 1.29 bits per heavy atom. The van der Waals surface area contributed by atoms with Crippen molar-refractivity contribution in [3.05, 3.63) is 29.8 Å². The van der Waals surface area contributed by atoms with Crippen LogP contribution in [0, 0.1) is 5.41 Å². The largest absolute Gasteiger partial charge is 0.496 e. The van der Waals surface area contributed by atoms with Gasteiger partial charge >= 0.3 is 5.97 Å². The molecule has 1 rings (SSSR count). The molecule has 0 aromatic heterocycles. The third-order valence-corrected chi connectivity index (χ3v) is 2.65. The molecule has 0 atom stereocenters. The van der Waals surface area contributed by atoms with Crippen LogP contribution in [0.4, 0.5) is 0 Å². The van der Waals surface area contributed by atoms with Crippen molar-refractivity contribution in [3.63, 3.8) is 0 Å². The Balaban J connectivity index is 2.85. The summed E-state index contributed by atoms with van der Waals surface area (Å²) in [5.41, 5.74) is 0.484. The van der Waals surface area contributed by atoms with Crippen LogP contribution in [0.2, 0.25) is 0 Å². The molecule has 0 saturated carbocycles. The molecule has 0 bridgehead atoms. The summed E-state index contributed by atoms with van der Waals surface area (Å²) in [6, 6.07) is 7.73. The fourth-order valence-electron chi connectivity index (χ4n) is 1.72. The Morgan fingerprint density at radius 3 is 2.53 bits per heavy atom. The highest BCUT2D eigenvalue weighted by Gasteiger charge is 2.30. The van der Waals surface area contributed by atoms with E-state index >= 15 is 0 Å². The maximum Gasteiger partial charge on any atom is 0.311 e. The first-order valence-electron chi connectivity index (χ1n) is 5.80. The minimum atomic E-state index is -0.537. The molecule has 0 fully saturated rings. The van der Waals surface area contributed by atoms with Crippen LogP contribution >= 0.6 is 0 Å². The third kappa shape index (κ3) is 3.48. The van der Waals surface area contributed by atoms with Gasteiger partial charge in [-0.3, -0.25) is 4.79 Å². The zero-order valence-electron chi connectivity index (χ0n) is 10.9. The maximum atomic E-state index is 11.8. The van der Waals surface area contributed by atoms with E-state index in [1.807, 2.05) is 45.0 Å². The van der Waals surface area contributed by atoms with E-state index in [4.69, 9.17) is 9.47 Å². The molecule has 0 aliphatic rings. The average Bonchev–Trinajstić information content (AvgIpc) is 2.29. The van der Waals surface area contributed by atoms with Crippen molar-refractivity contribution >= 4 is 5.97 Å². The molecule has 0 heterocycles. The Bertz CT molecular complexity index is 383. The summed E-state index contributed by atoms with van der Waals surface area (Å²) in [5, 5.41) is 0. The van der Waals surface area contributed by atoms with E-state index < -0.39 is 5.41 Å². The molecule has 0 aliphatic carbocycles. The van der Waals surface area contributed by atoms with Gasteiger partial charge in [0.15, 0.2) is 0 Å². The topological polar surface area (TPSA) is 35.5 Å². The molecule has 1 aromatic rings. The van der Waals surface area contributed by atoms with E-state index in [0.29, 0.717) is 13.0 Å². The van der Waals surface area contributed by atoms with E-state index in [1.165, 1.54) is 0 Å². The standard InChI is InChI=1S/C14H20O3/c1-5-17-13(15)14(2,3)10-11-8-6-7-9-12(11)16-4/h6-9H,5,10H2,1-4H3. The van der Waals surface area contributed by atoms with Gasteiger partial charge in [-0.05, 0) is 38.8 Å². The normalized spacial score (nSPS) is 11.1. The minimum Gasteiger partial charge on any atom is -0.496 e. The van der Waals surface area contributed by atoms with Gasteiger partial charge in [0, 0.05) is 0 Å². The van der Waals surface area contributed by atoms with Gasteiger partial charge in [-0.25, -0.2) is 0 Å². The summed E-state index contributed by atoms with van der Waals surface area (Å²) in [4.78, 5) is 11.8. The summed E-state index contributed by atoms with van der Waals surface area (Å²) in [5.74, 6) is 0.635. The van der Waals surface area contributed by atoms with Crippen molar-refractivity contribution in [1.29, 1.82) is 0 Å². The minimum absolute atomic E-state index is 0.175. The van der Waals surface area contributed by atoms with Crippen LogP contribution in [0.5, 0.6) is 5.75 Å². The number of hydrogen-bond acceptors (Lipinski definition) is 3. The van der Waals surface area contributed by atoms with Gasteiger partial charge in [0.2, 0.25) is 0 Å². The second-order valence-corrected chi connectivity index (χ2v) is 4.59. The van der Waals surface area contributed by atoms with Crippen molar-refractivity contribution in [3.8, 4) is 5.75 Å². The predicted molar refractivity (Wildman–Crippen MR) is 67.1 cm³/mol. The first-order chi connectivity index (χ1) is 8.01. The SMILES string of the molecule is CCOC(=O)C(C)(C)Cc1ccccc1OC. The van der Waals surface area contributed by atoms with Crippen LogP contribution in [0.25, 0.3) is 0 Å². The van der Waals surface area contributed by atoms with Crippen LogP contribution in [-0.2, 0) is 16.0 Å². The number of benzene rings is 1. The monoisotopic (exact) mass is 236 g/mol. The molecular weight excluding hydrogens is 216 g/mol. The highest BCUT2D eigenvalue weighted by molar-refractivity contribution is 5.76. The van der Waals surface area contributed by atoms with E-state index in [0.717, 1.165) is 11.3 Å². The molecule has 3 heteroatoms. The fourth-order valence-corrected chi connectivity index (χ4v) is 1.72. The van der Waals surface area contributed by atoms with Crippen LogP contribution in [0.1, 0.15) is 26.3 Å². The second kappa shape index (κ2) is 5.71. The van der Waals surface area contributed by atoms with E-state index in [2.05, 4.69) is 0 Å². The Kier molecular flexibility index (Phi) is 4.55. The van der Waals surface area contributed by atoms with Crippen LogP contribution in [0.15, 0.2) is 24.3 Å². The smallest absolute Gasteiger partial charge is 0.311 e. The number of esters is 1. The fraction of sp³-hybridized carbons (Fsp3) is 0.500. The van der Waals surface area contributed by atoms with Gasteiger partial charge in [-0.2, -0.15) is 0 Å². The molecule has 1 aromatic carbocycles. The molecule has 0 spiro atoms. The number of methoxy groups -OCH3 is 1. The Hall–Kier alpha value is -1.51. The van der Waals surface area contributed by atoms with Crippen molar-refractivity contribution in [2.24, 2.45) is 5.41 Å². The number of ether oxygens (including phenoxy) is 2. The van der Waals surface area contributed by atoms with E-state index in [-0.39, 0.29) is 5.97 Å². The summed E-state index contributed by atoms with van der Waals surface area (Å²) < 4.78 is 10.4. The zero-order chi connectivity index (χ0) is 12.9. The van der Waals surface area contributed by atoms with Crippen LogP contribution in [-0.4, -0.2) is 19.7 Å². The molecular formula is C14H20O3. The Morgan fingerprint density at radius 2 is 1.94 bits per heavy atom. The number of carbonyl (C=O) groups is 1. The van der Waals surface area contributed by atoms with Gasteiger partial charge in [0.25, 0.3) is 0 Å². The summed E-state index contributed by atoms with van der Waals surface area (Å²) in [6.45, 7) is 6.00. The van der Waals surface area contributed by atoms with Gasteiger partial charge in [-0.1, -0.05) is 18.2 Å². The lowest BCUT2D eigenvalue weighted by Gasteiger charge is -2.23. The van der Waals surface area contributed by atoms with Crippen LogP contribution < -0.4 is 4.74 Å². The lowest BCUT2D eigenvalue weighted by atomic mass is 9.85. The highest BCUT2D eigenvalue weighted by Crippen LogP contribution is 2.28. The van der Waals surface area contributed by atoms with E-state index in [9.17, 15) is 4.79 Å². The third-order valence-electron chi connectivity index (χ3n) is 2.65. The number of carbonyl (C=O) groups excluding carboxylic acids is 1. The van der Waals surface area contributed by atoms with Crippen molar-refractivity contribution < 1.29 is 14.3 Å². The lowest BCUT2D eigenvalue weighted by molar-refractivity contribution is -0.153. The molecule has 0 amide bonds. The molecule has 0 aliphatic heterocycles. The lowest BCUT2D eigenvalue weighted by Crippen LogP contribution is -2.29. The highest BCUT2D eigenvalue weighted by atomic mass is 16.5. The summed E-state index contributed by atoms with van der Waals surface area (Å²) >= 11 is 0. The molecule has 0 radical (unpaired) electrons. The average molecular weight is 236 g/mol. The van der Waals surface area contributed by atoms with Gasteiger partial charge in [-0.15, -0.1) is 0 Å². The molecule has 3 nitrogen and oxygen atoms in total. The molecule has 0 saturated heterocycles. The number of hydrogen-bond donors (Lipinski definition) is 0. The Labute approximate surface area is 103 Å².